The largest absolute Gasteiger partial charge is 0.495 e. The number of benzene rings is 3. The Hall–Kier alpha value is -3.43. The van der Waals surface area contributed by atoms with Gasteiger partial charge in [0.25, 0.3) is 5.91 Å². The summed E-state index contributed by atoms with van der Waals surface area (Å²) in [6, 6.07) is 17.7. The molecule has 0 spiro atoms. The van der Waals surface area contributed by atoms with Crippen LogP contribution in [-0.4, -0.2) is 48.0 Å². The van der Waals surface area contributed by atoms with Crippen LogP contribution in [0.5, 0.6) is 17.2 Å². The molecule has 0 atom stereocenters. The number of methoxy groups -OCH3 is 2. The van der Waals surface area contributed by atoms with Crippen molar-refractivity contribution in [1.29, 1.82) is 0 Å². The summed E-state index contributed by atoms with van der Waals surface area (Å²) < 4.78 is 43.0. The third-order valence-electron chi connectivity index (χ3n) is 6.04. The van der Waals surface area contributed by atoms with Gasteiger partial charge in [-0.1, -0.05) is 56.6 Å². The van der Waals surface area contributed by atoms with Crippen molar-refractivity contribution in [1.82, 2.24) is 5.32 Å². The van der Waals surface area contributed by atoms with Gasteiger partial charge in [-0.3, -0.25) is 9.10 Å². The molecule has 1 N–H and O–H groups in total. The highest BCUT2D eigenvalue weighted by Crippen LogP contribution is 2.39. The average Bonchev–Trinajstić information content (AvgIpc) is 2.89. The molecule has 3 aromatic carbocycles. The SMILES string of the molecule is COc1cc(N(Cc2ccc(C(=O)NCCOc3ccc(C(C)(C)C)cc3)cc2)S(C)(=O)=O)c(OC)cc1Cl. The van der Waals surface area contributed by atoms with Crippen LogP contribution in [0.1, 0.15) is 42.3 Å². The zero-order valence-electron chi connectivity index (χ0n) is 23.1. The predicted octanol–water partition coefficient (Wildman–Crippen LogP) is 5.43. The van der Waals surface area contributed by atoms with Crippen molar-refractivity contribution in [2.75, 3.05) is 37.9 Å². The van der Waals surface area contributed by atoms with E-state index in [1.54, 1.807) is 24.3 Å². The van der Waals surface area contributed by atoms with Crippen molar-refractivity contribution in [2.24, 2.45) is 0 Å². The summed E-state index contributed by atoms with van der Waals surface area (Å²) in [6.07, 6.45) is 1.11. The number of anilines is 1. The second-order valence-corrected chi connectivity index (χ2v) is 12.3. The minimum atomic E-state index is -3.70. The Bertz CT molecular complexity index is 1390. The number of carbonyl (C=O) groups excluding carboxylic acids is 1. The van der Waals surface area contributed by atoms with E-state index >= 15 is 0 Å². The standard InChI is InChI=1S/C29H35ClN2O6S/c1-29(2,3)22-11-13-23(14-12-22)38-16-15-31-28(33)21-9-7-20(8-10-21)19-32(39(6,34)35)25-18-26(36-4)24(30)17-27(25)37-5/h7-14,17-18H,15-16,19H2,1-6H3,(H,31,33). The van der Waals surface area contributed by atoms with Gasteiger partial charge in [0, 0.05) is 17.7 Å². The number of rotatable bonds is 11. The van der Waals surface area contributed by atoms with Crippen molar-refractivity contribution in [3.63, 3.8) is 0 Å². The van der Waals surface area contributed by atoms with E-state index in [-0.39, 0.29) is 29.3 Å². The summed E-state index contributed by atoms with van der Waals surface area (Å²) in [6.45, 7) is 7.14. The Balaban J connectivity index is 1.62. The number of sulfonamides is 1. The number of amides is 1. The molecular formula is C29H35ClN2O6S. The van der Waals surface area contributed by atoms with Gasteiger partial charge in [-0.15, -0.1) is 0 Å². The summed E-state index contributed by atoms with van der Waals surface area (Å²) in [5.74, 6) is 1.10. The molecule has 0 heterocycles. The van der Waals surface area contributed by atoms with E-state index in [1.807, 2.05) is 24.3 Å². The quantitative estimate of drug-likeness (QED) is 0.307. The fourth-order valence-corrected chi connectivity index (χ4v) is 4.95. The van der Waals surface area contributed by atoms with Crippen LogP contribution < -0.4 is 23.8 Å². The van der Waals surface area contributed by atoms with Crippen molar-refractivity contribution in [3.8, 4) is 17.2 Å². The highest BCUT2D eigenvalue weighted by Gasteiger charge is 2.24. The Morgan fingerprint density at radius 2 is 1.56 bits per heavy atom. The van der Waals surface area contributed by atoms with Gasteiger partial charge in [0.15, 0.2) is 0 Å². The molecule has 210 valence electrons. The molecule has 0 bridgehead atoms. The molecule has 39 heavy (non-hydrogen) atoms. The lowest BCUT2D eigenvalue weighted by Crippen LogP contribution is -2.30. The molecule has 0 aliphatic rings. The second-order valence-electron chi connectivity index (χ2n) is 10.0. The van der Waals surface area contributed by atoms with Crippen molar-refractivity contribution < 1.29 is 27.4 Å². The topological polar surface area (TPSA) is 94.2 Å². The lowest BCUT2D eigenvalue weighted by molar-refractivity contribution is 0.0947. The number of hydrogen-bond acceptors (Lipinski definition) is 6. The van der Waals surface area contributed by atoms with Gasteiger partial charge in [0.1, 0.15) is 23.9 Å². The maximum Gasteiger partial charge on any atom is 0.251 e. The van der Waals surface area contributed by atoms with Gasteiger partial charge < -0.3 is 19.5 Å². The minimum Gasteiger partial charge on any atom is -0.495 e. The molecule has 0 saturated carbocycles. The van der Waals surface area contributed by atoms with E-state index in [9.17, 15) is 13.2 Å². The van der Waals surface area contributed by atoms with Gasteiger partial charge in [-0.2, -0.15) is 0 Å². The molecule has 1 amide bonds. The van der Waals surface area contributed by atoms with E-state index in [0.717, 1.165) is 12.0 Å². The fourth-order valence-electron chi connectivity index (χ4n) is 3.83. The Morgan fingerprint density at radius 3 is 2.10 bits per heavy atom. The number of carbonyl (C=O) groups is 1. The maximum atomic E-state index is 12.7. The second kappa shape index (κ2) is 12.6. The van der Waals surface area contributed by atoms with Crippen LogP contribution in [0.15, 0.2) is 60.7 Å². The third kappa shape index (κ3) is 8.03. The van der Waals surface area contributed by atoms with Crippen molar-refractivity contribution in [2.45, 2.75) is 32.7 Å². The first-order valence-electron chi connectivity index (χ1n) is 12.3. The van der Waals surface area contributed by atoms with Gasteiger partial charge in [-0.25, -0.2) is 8.42 Å². The average molecular weight is 575 g/mol. The lowest BCUT2D eigenvalue weighted by Gasteiger charge is -2.25. The monoisotopic (exact) mass is 574 g/mol. The molecular weight excluding hydrogens is 540 g/mol. The molecule has 0 fully saturated rings. The van der Waals surface area contributed by atoms with Crippen LogP contribution in [0.3, 0.4) is 0 Å². The lowest BCUT2D eigenvalue weighted by atomic mass is 9.87. The molecule has 0 radical (unpaired) electrons. The van der Waals surface area contributed by atoms with Gasteiger partial charge >= 0.3 is 0 Å². The third-order valence-corrected chi connectivity index (χ3v) is 7.46. The molecule has 3 rings (SSSR count). The fraction of sp³-hybridized carbons (Fsp3) is 0.345. The first-order chi connectivity index (χ1) is 18.3. The van der Waals surface area contributed by atoms with E-state index in [4.69, 9.17) is 25.8 Å². The van der Waals surface area contributed by atoms with E-state index < -0.39 is 10.0 Å². The summed E-state index contributed by atoms with van der Waals surface area (Å²) >= 11 is 6.18. The van der Waals surface area contributed by atoms with Gasteiger partial charge in [0.05, 0.1) is 44.3 Å². The molecule has 0 saturated heterocycles. The van der Waals surface area contributed by atoms with E-state index in [0.29, 0.717) is 35.1 Å². The Labute approximate surface area is 235 Å². The predicted molar refractivity (Wildman–Crippen MR) is 155 cm³/mol. The molecule has 0 unspecified atom stereocenters. The van der Waals surface area contributed by atoms with Crippen molar-refractivity contribution in [3.05, 3.63) is 82.4 Å². The summed E-state index contributed by atoms with van der Waals surface area (Å²) in [5, 5.41) is 3.13. The van der Waals surface area contributed by atoms with Crippen molar-refractivity contribution >= 4 is 33.2 Å². The summed E-state index contributed by atoms with van der Waals surface area (Å²) in [7, 11) is -0.819. The van der Waals surface area contributed by atoms with Crippen LogP contribution in [0, 0.1) is 0 Å². The molecule has 8 nitrogen and oxygen atoms in total. The van der Waals surface area contributed by atoms with Crippen LogP contribution in [0.25, 0.3) is 0 Å². The summed E-state index contributed by atoms with van der Waals surface area (Å²) in [4.78, 5) is 12.6. The van der Waals surface area contributed by atoms with Crippen LogP contribution in [0.4, 0.5) is 5.69 Å². The molecule has 0 aliphatic carbocycles. The number of ether oxygens (including phenoxy) is 3. The minimum absolute atomic E-state index is 0.0176. The zero-order valence-corrected chi connectivity index (χ0v) is 24.7. The number of hydrogen-bond donors (Lipinski definition) is 1. The number of nitrogens with one attached hydrogen (secondary N) is 1. The highest BCUT2D eigenvalue weighted by atomic mass is 35.5. The highest BCUT2D eigenvalue weighted by molar-refractivity contribution is 7.92. The van der Waals surface area contributed by atoms with E-state index in [1.165, 1.54) is 36.2 Å². The van der Waals surface area contributed by atoms with E-state index in [2.05, 4.69) is 26.1 Å². The normalized spacial score (nSPS) is 11.6. The van der Waals surface area contributed by atoms with Gasteiger partial charge in [-0.05, 0) is 40.8 Å². The molecule has 0 aliphatic heterocycles. The Morgan fingerprint density at radius 1 is 0.949 bits per heavy atom. The zero-order chi connectivity index (χ0) is 28.8. The molecule has 0 aromatic heterocycles. The number of nitrogens with zero attached hydrogens (tertiary/aromatic N) is 1. The van der Waals surface area contributed by atoms with Crippen LogP contribution in [0.2, 0.25) is 5.02 Å². The molecule has 3 aromatic rings. The molecule has 10 heteroatoms. The summed E-state index contributed by atoms with van der Waals surface area (Å²) in [5.41, 5.74) is 2.70. The number of halogens is 1. The maximum absolute atomic E-state index is 12.7. The smallest absolute Gasteiger partial charge is 0.251 e. The van der Waals surface area contributed by atoms with Crippen LogP contribution >= 0.6 is 11.6 Å². The Kier molecular flexibility index (Phi) is 9.74. The first kappa shape index (κ1) is 30.1. The van der Waals surface area contributed by atoms with Gasteiger partial charge in [0.2, 0.25) is 10.0 Å². The van der Waals surface area contributed by atoms with Crippen LogP contribution in [-0.2, 0) is 22.0 Å². The first-order valence-corrected chi connectivity index (χ1v) is 14.6.